The Balaban J connectivity index is 2.46. The first-order chi connectivity index (χ1) is 7.88. The van der Waals surface area contributed by atoms with Gasteiger partial charge in [0, 0.05) is 12.4 Å². The van der Waals surface area contributed by atoms with Crippen LogP contribution in [0.2, 0.25) is 0 Å². The number of aryl methyl sites for hydroxylation is 2. The molecule has 90 valence electrons. The third-order valence-electron chi connectivity index (χ3n) is 2.89. The smallest absolute Gasteiger partial charge is 0.0618 e. The van der Waals surface area contributed by atoms with Crippen LogP contribution in [-0.4, -0.2) is 9.97 Å². The van der Waals surface area contributed by atoms with Gasteiger partial charge in [-0.2, -0.15) is 0 Å². The summed E-state index contributed by atoms with van der Waals surface area (Å²) in [7, 11) is 0. The third kappa shape index (κ3) is 4.73. The number of hydrogen-bond donors (Lipinski definition) is 0. The van der Waals surface area contributed by atoms with Gasteiger partial charge >= 0.3 is 0 Å². The van der Waals surface area contributed by atoms with Crippen LogP contribution in [-0.2, 0) is 12.8 Å². The summed E-state index contributed by atoms with van der Waals surface area (Å²) in [5, 5.41) is 0. The van der Waals surface area contributed by atoms with Gasteiger partial charge in [0.15, 0.2) is 0 Å². The lowest BCUT2D eigenvalue weighted by molar-refractivity contribution is 0.671. The highest BCUT2D eigenvalue weighted by molar-refractivity contribution is 5.10. The highest BCUT2D eigenvalue weighted by Crippen LogP contribution is 2.11. The lowest BCUT2D eigenvalue weighted by Crippen LogP contribution is -2.01. The Morgan fingerprint density at radius 2 is 1.19 bits per heavy atom. The van der Waals surface area contributed by atoms with Crippen molar-refractivity contribution in [1.82, 2.24) is 9.97 Å². The Labute approximate surface area is 99.5 Å². The van der Waals surface area contributed by atoms with Crippen molar-refractivity contribution in [1.29, 1.82) is 0 Å². The zero-order valence-electron chi connectivity index (χ0n) is 10.7. The van der Waals surface area contributed by atoms with Gasteiger partial charge in [-0.25, -0.2) is 0 Å². The first-order valence-corrected chi connectivity index (χ1v) is 6.67. The minimum absolute atomic E-state index is 1.10. The Morgan fingerprint density at radius 1 is 0.750 bits per heavy atom. The molecule has 2 nitrogen and oxygen atoms in total. The molecule has 0 unspecified atom stereocenters. The van der Waals surface area contributed by atoms with E-state index in [0.717, 1.165) is 12.8 Å². The molecule has 1 aromatic heterocycles. The van der Waals surface area contributed by atoms with E-state index >= 15 is 0 Å². The summed E-state index contributed by atoms with van der Waals surface area (Å²) < 4.78 is 0. The molecule has 1 aromatic rings. The fraction of sp³-hybridized carbons (Fsp3) is 0.714. The normalized spacial score (nSPS) is 10.6. The Morgan fingerprint density at radius 3 is 1.56 bits per heavy atom. The Hall–Kier alpha value is -0.920. The molecule has 0 N–H and O–H groups in total. The molecule has 0 aliphatic carbocycles. The van der Waals surface area contributed by atoms with Gasteiger partial charge in [-0.3, -0.25) is 9.97 Å². The maximum Gasteiger partial charge on any atom is 0.0618 e. The van der Waals surface area contributed by atoms with Crippen molar-refractivity contribution in [3.8, 4) is 0 Å². The zero-order valence-corrected chi connectivity index (χ0v) is 10.7. The molecule has 16 heavy (non-hydrogen) atoms. The maximum absolute atomic E-state index is 4.47. The SMILES string of the molecule is CCCCCc1nccnc1CCCCC. The summed E-state index contributed by atoms with van der Waals surface area (Å²) in [6.45, 7) is 4.47. The van der Waals surface area contributed by atoms with Gasteiger partial charge in [-0.1, -0.05) is 39.5 Å². The second-order valence-electron chi connectivity index (χ2n) is 4.36. The van der Waals surface area contributed by atoms with Crippen molar-refractivity contribution in [2.75, 3.05) is 0 Å². The molecule has 0 saturated carbocycles. The Kier molecular flexibility index (Phi) is 6.78. The molecule has 0 aliphatic rings. The summed E-state index contributed by atoms with van der Waals surface area (Å²) in [5.41, 5.74) is 2.46. The van der Waals surface area contributed by atoms with Crippen LogP contribution in [0.25, 0.3) is 0 Å². The zero-order chi connectivity index (χ0) is 11.6. The summed E-state index contributed by atoms with van der Waals surface area (Å²) in [4.78, 5) is 8.93. The fourth-order valence-corrected chi connectivity index (χ4v) is 1.90. The van der Waals surface area contributed by atoms with E-state index in [-0.39, 0.29) is 0 Å². The highest BCUT2D eigenvalue weighted by atomic mass is 14.8. The van der Waals surface area contributed by atoms with Gasteiger partial charge < -0.3 is 0 Å². The van der Waals surface area contributed by atoms with Crippen LogP contribution in [0.15, 0.2) is 12.4 Å². The molecule has 0 bridgehead atoms. The van der Waals surface area contributed by atoms with E-state index in [4.69, 9.17) is 0 Å². The van der Waals surface area contributed by atoms with Gasteiger partial charge in [0.1, 0.15) is 0 Å². The van der Waals surface area contributed by atoms with Crippen LogP contribution in [0, 0.1) is 0 Å². The summed E-state index contributed by atoms with van der Waals surface area (Å²) in [5.74, 6) is 0. The number of aromatic nitrogens is 2. The third-order valence-corrected chi connectivity index (χ3v) is 2.89. The minimum atomic E-state index is 1.10. The van der Waals surface area contributed by atoms with Crippen molar-refractivity contribution in [3.05, 3.63) is 23.8 Å². The maximum atomic E-state index is 4.47. The van der Waals surface area contributed by atoms with Gasteiger partial charge in [0.25, 0.3) is 0 Å². The van der Waals surface area contributed by atoms with Crippen molar-refractivity contribution in [2.45, 2.75) is 65.2 Å². The Bertz CT molecular complexity index is 255. The summed E-state index contributed by atoms with van der Waals surface area (Å²) in [6.07, 6.45) is 13.5. The van der Waals surface area contributed by atoms with Crippen LogP contribution in [0.3, 0.4) is 0 Å². The first-order valence-electron chi connectivity index (χ1n) is 6.67. The number of rotatable bonds is 8. The molecule has 0 radical (unpaired) electrons. The lowest BCUT2D eigenvalue weighted by Gasteiger charge is -2.06. The molecule has 0 aromatic carbocycles. The fourth-order valence-electron chi connectivity index (χ4n) is 1.90. The second-order valence-corrected chi connectivity index (χ2v) is 4.36. The first kappa shape index (κ1) is 13.1. The molecule has 0 saturated heterocycles. The van der Waals surface area contributed by atoms with E-state index in [2.05, 4.69) is 23.8 Å². The van der Waals surface area contributed by atoms with Gasteiger partial charge in [-0.05, 0) is 25.7 Å². The molecule has 0 fully saturated rings. The van der Waals surface area contributed by atoms with Crippen molar-refractivity contribution in [2.24, 2.45) is 0 Å². The quantitative estimate of drug-likeness (QED) is 0.620. The molecule has 1 heterocycles. The molecule has 0 amide bonds. The van der Waals surface area contributed by atoms with Crippen LogP contribution < -0.4 is 0 Å². The molecular weight excluding hydrogens is 196 g/mol. The van der Waals surface area contributed by atoms with E-state index in [1.54, 1.807) is 0 Å². The van der Waals surface area contributed by atoms with Crippen molar-refractivity contribution >= 4 is 0 Å². The molecule has 1 rings (SSSR count). The molecular formula is C14H24N2. The average molecular weight is 220 g/mol. The molecule has 0 aliphatic heterocycles. The molecule has 2 heteroatoms. The van der Waals surface area contributed by atoms with Crippen LogP contribution in [0.4, 0.5) is 0 Å². The minimum Gasteiger partial charge on any atom is -0.258 e. The van der Waals surface area contributed by atoms with Crippen LogP contribution >= 0.6 is 0 Å². The number of unbranched alkanes of at least 4 members (excludes halogenated alkanes) is 4. The van der Waals surface area contributed by atoms with E-state index in [0.29, 0.717) is 0 Å². The second kappa shape index (κ2) is 8.26. The monoisotopic (exact) mass is 220 g/mol. The van der Waals surface area contributed by atoms with Gasteiger partial charge in [-0.15, -0.1) is 0 Å². The van der Waals surface area contributed by atoms with Crippen LogP contribution in [0.5, 0.6) is 0 Å². The predicted octanol–water partition coefficient (Wildman–Crippen LogP) is 3.94. The molecule has 0 spiro atoms. The van der Waals surface area contributed by atoms with Gasteiger partial charge in [0.2, 0.25) is 0 Å². The predicted molar refractivity (Wildman–Crippen MR) is 68.5 cm³/mol. The number of nitrogens with zero attached hydrogens (tertiary/aromatic N) is 2. The topological polar surface area (TPSA) is 25.8 Å². The van der Waals surface area contributed by atoms with E-state index in [9.17, 15) is 0 Å². The van der Waals surface area contributed by atoms with Gasteiger partial charge in [0.05, 0.1) is 11.4 Å². The lowest BCUT2D eigenvalue weighted by atomic mass is 10.1. The standard InChI is InChI=1S/C14H24N2/c1-3-5-7-9-13-14(10-8-6-4-2)16-12-11-15-13/h11-12H,3-10H2,1-2H3. The van der Waals surface area contributed by atoms with Crippen molar-refractivity contribution in [3.63, 3.8) is 0 Å². The highest BCUT2D eigenvalue weighted by Gasteiger charge is 2.04. The largest absolute Gasteiger partial charge is 0.258 e. The average Bonchev–Trinajstić information content (AvgIpc) is 2.32. The summed E-state index contributed by atoms with van der Waals surface area (Å²) >= 11 is 0. The number of hydrogen-bond acceptors (Lipinski definition) is 2. The van der Waals surface area contributed by atoms with E-state index in [1.165, 1.54) is 49.9 Å². The van der Waals surface area contributed by atoms with E-state index in [1.807, 2.05) is 12.4 Å². The van der Waals surface area contributed by atoms with E-state index < -0.39 is 0 Å². The molecule has 0 atom stereocenters. The van der Waals surface area contributed by atoms with Crippen LogP contribution in [0.1, 0.15) is 63.8 Å². The van der Waals surface area contributed by atoms with Crippen molar-refractivity contribution < 1.29 is 0 Å². The summed E-state index contributed by atoms with van der Waals surface area (Å²) in [6, 6.07) is 0.